The Balaban J connectivity index is 0.00000316. The van der Waals surface area contributed by atoms with Crippen LogP contribution in [0, 0.1) is 18.3 Å². The zero-order valence-corrected chi connectivity index (χ0v) is 21.0. The van der Waals surface area contributed by atoms with Crippen LogP contribution in [0.1, 0.15) is 39.5 Å². The van der Waals surface area contributed by atoms with Gasteiger partial charge in [0.2, 0.25) is 6.29 Å². The van der Waals surface area contributed by atoms with E-state index >= 15 is 0 Å². The molecular weight excluding hydrogens is 492 g/mol. The molecule has 7 N–H and O–H groups in total. The highest BCUT2D eigenvalue weighted by atomic mass is 32.1. The molecule has 0 spiro atoms. The van der Waals surface area contributed by atoms with E-state index in [0.717, 1.165) is 12.8 Å². The zero-order valence-electron chi connectivity index (χ0n) is 20.2. The summed E-state index contributed by atoms with van der Waals surface area (Å²) in [6.07, 6.45) is -0.928. The molecule has 1 fully saturated rings. The predicted octanol–water partition coefficient (Wildman–Crippen LogP) is 1.16. The highest BCUT2D eigenvalue weighted by molar-refractivity contribution is 7.80. The molecule has 3 unspecified atom stereocenters. The van der Waals surface area contributed by atoms with Crippen LogP contribution in [0.25, 0.3) is 0 Å². The van der Waals surface area contributed by atoms with Crippen LogP contribution in [0.5, 0.6) is 5.75 Å². The number of hydrogen-bond acceptors (Lipinski definition) is 8. The van der Waals surface area contributed by atoms with Crippen LogP contribution in [0.2, 0.25) is 0 Å². The van der Waals surface area contributed by atoms with E-state index in [9.17, 15) is 24.9 Å². The van der Waals surface area contributed by atoms with Gasteiger partial charge in [0, 0.05) is 25.1 Å². The Kier molecular flexibility index (Phi) is 13.7. The maximum Gasteiger partial charge on any atom is 0.317 e. The maximum absolute atomic E-state index is 11.2. The summed E-state index contributed by atoms with van der Waals surface area (Å²) in [6, 6.07) is 6.37. The van der Waals surface area contributed by atoms with Gasteiger partial charge in [0.05, 0.1) is 6.10 Å². The van der Waals surface area contributed by atoms with Crippen molar-refractivity contribution in [2.24, 2.45) is 5.92 Å². The molecule has 0 aromatic heterocycles. The second-order valence-corrected chi connectivity index (χ2v) is 8.07. The van der Waals surface area contributed by atoms with Gasteiger partial charge >= 0.3 is 11.9 Å². The molecule has 1 aliphatic rings. The summed E-state index contributed by atoms with van der Waals surface area (Å²) < 4.78 is 11.0. The standard InChI is InChI=1S/C22H28N2O9S.C2H6/c1-2-3-4-5-10-23-22(34)24-12-6-8-13(9-7-12)32-21-18(27)17(26)16(25)15(33-21)11-14(19(28)29)20(30)31;1-2/h1,6-9,14-18,21,25-27H,3-5,10-11H2,(H,28,29)(H,30,31)(H2,23,24,34);1-2H3/t15?,16-,17?,18?,21+;/m1./s1. The summed E-state index contributed by atoms with van der Waals surface area (Å²) in [7, 11) is 0. The fourth-order valence-corrected chi connectivity index (χ4v) is 3.45. The molecule has 12 heteroatoms. The Morgan fingerprint density at radius 3 is 2.25 bits per heavy atom. The number of rotatable bonds is 11. The number of aliphatic hydroxyl groups excluding tert-OH is 3. The van der Waals surface area contributed by atoms with Crippen LogP contribution in [0.4, 0.5) is 5.69 Å². The lowest BCUT2D eigenvalue weighted by Crippen LogP contribution is -2.59. The van der Waals surface area contributed by atoms with Gasteiger partial charge in [-0.25, -0.2) is 0 Å². The van der Waals surface area contributed by atoms with E-state index in [1.54, 1.807) is 12.1 Å². The number of unbranched alkanes of at least 4 members (excludes halogenated alkanes) is 2. The molecule has 0 aliphatic carbocycles. The number of carbonyl (C=O) groups is 2. The van der Waals surface area contributed by atoms with Gasteiger partial charge in [-0.3, -0.25) is 9.59 Å². The number of nitrogens with one attached hydrogen (secondary N) is 2. The monoisotopic (exact) mass is 526 g/mol. The molecule has 11 nitrogen and oxygen atoms in total. The smallest absolute Gasteiger partial charge is 0.317 e. The molecule has 0 saturated carbocycles. The summed E-state index contributed by atoms with van der Waals surface area (Å²) in [4.78, 5) is 22.3. The Bertz CT molecular complexity index is 877. The summed E-state index contributed by atoms with van der Waals surface area (Å²) >= 11 is 5.22. The minimum Gasteiger partial charge on any atom is -0.481 e. The summed E-state index contributed by atoms with van der Waals surface area (Å²) in [5, 5.41) is 55.0. The molecule has 5 atom stereocenters. The second kappa shape index (κ2) is 15.9. The number of aliphatic carboxylic acids is 2. The van der Waals surface area contributed by atoms with Gasteiger partial charge in [0.15, 0.2) is 11.0 Å². The number of ether oxygens (including phenoxy) is 2. The second-order valence-electron chi connectivity index (χ2n) is 7.66. The molecule has 1 aliphatic heterocycles. The van der Waals surface area contributed by atoms with Crippen molar-refractivity contribution >= 4 is 35.0 Å². The molecule has 1 aromatic rings. The van der Waals surface area contributed by atoms with Crippen LogP contribution in [0.3, 0.4) is 0 Å². The normalized spacial score (nSPS) is 23.0. The molecule has 0 amide bonds. The van der Waals surface area contributed by atoms with E-state index in [-0.39, 0.29) is 5.75 Å². The minimum atomic E-state index is -1.87. The van der Waals surface area contributed by atoms with Gasteiger partial charge < -0.3 is 45.6 Å². The van der Waals surface area contributed by atoms with Crippen molar-refractivity contribution in [2.45, 2.75) is 70.2 Å². The Morgan fingerprint density at radius 2 is 1.69 bits per heavy atom. The molecule has 0 radical (unpaired) electrons. The fraction of sp³-hybridized carbons (Fsp3) is 0.542. The van der Waals surface area contributed by atoms with Crippen molar-refractivity contribution in [1.29, 1.82) is 0 Å². The summed E-state index contributed by atoms with van der Waals surface area (Å²) in [6.45, 7) is 4.67. The van der Waals surface area contributed by atoms with E-state index < -0.39 is 55.0 Å². The highest BCUT2D eigenvalue weighted by Gasteiger charge is 2.47. The van der Waals surface area contributed by atoms with E-state index in [1.807, 2.05) is 13.8 Å². The van der Waals surface area contributed by atoms with Gasteiger partial charge in [-0.2, -0.15) is 0 Å². The SMILES string of the molecule is C#CCCCCNC(=S)Nc1ccc(O[C@H]2OC(CC(C(=O)O)C(=O)O)[C@@H](O)C(O)C2O)cc1.CC. The van der Waals surface area contributed by atoms with E-state index in [0.29, 0.717) is 23.8 Å². The zero-order chi connectivity index (χ0) is 27.3. The molecular formula is C24H34N2O9S. The van der Waals surface area contributed by atoms with Crippen LogP contribution in [0.15, 0.2) is 24.3 Å². The van der Waals surface area contributed by atoms with Gasteiger partial charge in [-0.15, -0.1) is 12.3 Å². The van der Waals surface area contributed by atoms with Crippen molar-refractivity contribution in [2.75, 3.05) is 11.9 Å². The molecule has 200 valence electrons. The number of hydrogen-bond donors (Lipinski definition) is 7. The number of terminal acetylenes is 1. The molecule has 1 saturated heterocycles. The largest absolute Gasteiger partial charge is 0.481 e. The predicted molar refractivity (Wildman–Crippen MR) is 135 cm³/mol. The lowest BCUT2D eigenvalue weighted by atomic mass is 9.91. The van der Waals surface area contributed by atoms with Crippen LogP contribution in [-0.2, 0) is 14.3 Å². The molecule has 1 aromatic carbocycles. The Morgan fingerprint density at radius 1 is 1.08 bits per heavy atom. The summed E-state index contributed by atoms with van der Waals surface area (Å²) in [5.74, 6) is -2.31. The first-order valence-electron chi connectivity index (χ1n) is 11.5. The Hall–Kier alpha value is -2.95. The molecule has 36 heavy (non-hydrogen) atoms. The van der Waals surface area contributed by atoms with E-state index in [1.165, 1.54) is 12.1 Å². The third-order valence-electron chi connectivity index (χ3n) is 5.13. The lowest BCUT2D eigenvalue weighted by molar-refractivity contribution is -0.275. The third kappa shape index (κ3) is 9.60. The van der Waals surface area contributed by atoms with E-state index in [2.05, 4.69) is 16.6 Å². The molecule has 1 heterocycles. The maximum atomic E-state index is 11.2. The first kappa shape index (κ1) is 31.1. The molecule has 0 bridgehead atoms. The van der Waals surface area contributed by atoms with Crippen molar-refractivity contribution in [3.8, 4) is 18.1 Å². The van der Waals surface area contributed by atoms with Crippen LogP contribution >= 0.6 is 12.2 Å². The van der Waals surface area contributed by atoms with Crippen LogP contribution in [-0.4, -0.2) is 79.8 Å². The number of anilines is 1. The average Bonchev–Trinajstić information content (AvgIpc) is 2.85. The van der Waals surface area contributed by atoms with Gasteiger partial charge in [-0.05, 0) is 49.3 Å². The number of aliphatic hydroxyl groups is 3. The number of carboxylic acid groups (broad SMARTS) is 2. The number of benzene rings is 1. The van der Waals surface area contributed by atoms with Gasteiger partial charge in [0.1, 0.15) is 24.1 Å². The van der Waals surface area contributed by atoms with Gasteiger partial charge in [-0.1, -0.05) is 13.8 Å². The van der Waals surface area contributed by atoms with Crippen molar-refractivity contribution < 1.29 is 44.6 Å². The van der Waals surface area contributed by atoms with Crippen molar-refractivity contribution in [3.63, 3.8) is 0 Å². The summed E-state index contributed by atoms with van der Waals surface area (Å²) in [5.41, 5.74) is 0.651. The topological polar surface area (TPSA) is 178 Å². The Labute approximate surface area is 215 Å². The average molecular weight is 527 g/mol. The van der Waals surface area contributed by atoms with Crippen molar-refractivity contribution in [3.05, 3.63) is 24.3 Å². The first-order chi connectivity index (χ1) is 17.1. The van der Waals surface area contributed by atoms with Crippen molar-refractivity contribution in [1.82, 2.24) is 5.32 Å². The van der Waals surface area contributed by atoms with E-state index in [4.69, 9.17) is 38.3 Å². The minimum absolute atomic E-state index is 0.234. The quantitative estimate of drug-likeness (QED) is 0.0949. The highest BCUT2D eigenvalue weighted by Crippen LogP contribution is 2.28. The number of carboxylic acids is 2. The first-order valence-corrected chi connectivity index (χ1v) is 11.9. The molecule has 2 rings (SSSR count). The van der Waals surface area contributed by atoms with Crippen LogP contribution < -0.4 is 15.4 Å². The van der Waals surface area contributed by atoms with Gasteiger partial charge in [0.25, 0.3) is 0 Å². The lowest BCUT2D eigenvalue weighted by Gasteiger charge is -2.40. The third-order valence-corrected chi connectivity index (χ3v) is 5.38. The fourth-order valence-electron chi connectivity index (χ4n) is 3.23. The number of thiocarbonyl (C=S) groups is 1.